The Labute approximate surface area is 109 Å². The molecule has 93 valence electrons. The molecule has 1 aromatic heterocycles. The zero-order valence-electron chi connectivity index (χ0n) is 10.8. The number of hydrogen-bond donors (Lipinski definition) is 0. The van der Waals surface area contributed by atoms with Gasteiger partial charge in [-0.25, -0.2) is 0 Å². The smallest absolute Gasteiger partial charge is 0.130 e. The first-order valence-corrected chi connectivity index (χ1v) is 6.21. The first kappa shape index (κ1) is 12.6. The van der Waals surface area contributed by atoms with Gasteiger partial charge in [0.25, 0.3) is 0 Å². The van der Waals surface area contributed by atoms with Crippen molar-refractivity contribution in [2.75, 3.05) is 0 Å². The van der Waals surface area contributed by atoms with E-state index in [9.17, 15) is 0 Å². The van der Waals surface area contributed by atoms with Crippen LogP contribution in [0.2, 0.25) is 0 Å². The molecule has 1 aromatic carbocycles. The Kier molecular flexibility index (Phi) is 4.35. The van der Waals surface area contributed by atoms with Crippen molar-refractivity contribution in [1.82, 2.24) is 4.98 Å². The normalized spacial score (nSPS) is 10.6. The van der Waals surface area contributed by atoms with Crippen LogP contribution in [0.3, 0.4) is 0 Å². The van der Waals surface area contributed by atoms with E-state index in [1.807, 2.05) is 30.3 Å². The van der Waals surface area contributed by atoms with E-state index in [2.05, 4.69) is 37.4 Å². The lowest BCUT2D eigenvalue weighted by molar-refractivity contribution is 0.301. The first-order valence-electron chi connectivity index (χ1n) is 6.21. The molecule has 0 saturated carbocycles. The summed E-state index contributed by atoms with van der Waals surface area (Å²) in [6, 6.07) is 14.0. The quantitative estimate of drug-likeness (QED) is 0.791. The van der Waals surface area contributed by atoms with Crippen LogP contribution in [0.4, 0.5) is 0 Å². The molecule has 0 N–H and O–H groups in total. The lowest BCUT2D eigenvalue weighted by Crippen LogP contribution is -1.97. The Hall–Kier alpha value is -1.83. The molecule has 2 nitrogen and oxygen atoms in total. The van der Waals surface area contributed by atoms with Crippen LogP contribution in [0.25, 0.3) is 0 Å². The molecule has 18 heavy (non-hydrogen) atoms. The second-order valence-electron chi connectivity index (χ2n) is 4.59. The molecule has 0 aliphatic rings. The highest BCUT2D eigenvalue weighted by molar-refractivity contribution is 5.31. The van der Waals surface area contributed by atoms with Crippen molar-refractivity contribution in [2.24, 2.45) is 5.92 Å². The van der Waals surface area contributed by atoms with Crippen LogP contribution in [0, 0.1) is 12.3 Å². The number of benzene rings is 1. The van der Waals surface area contributed by atoms with Crippen LogP contribution in [-0.4, -0.2) is 4.98 Å². The molecule has 2 rings (SSSR count). The molecule has 2 heteroatoms. The summed E-state index contributed by atoms with van der Waals surface area (Å²) < 4.78 is 5.68. The molecule has 1 heterocycles. The Balaban J connectivity index is 1.90. The molecule has 0 saturated heterocycles. The minimum absolute atomic E-state index is 0.508. The Bertz CT molecular complexity index is 462. The van der Waals surface area contributed by atoms with E-state index in [1.165, 1.54) is 5.56 Å². The summed E-state index contributed by atoms with van der Waals surface area (Å²) in [6.07, 6.45) is 4.00. The zero-order valence-corrected chi connectivity index (χ0v) is 10.8. The summed E-state index contributed by atoms with van der Waals surface area (Å²) in [5.41, 5.74) is 2.17. The summed E-state index contributed by atoms with van der Waals surface area (Å²) in [5.74, 6) is 1.44. The molecule has 0 fully saturated rings. The van der Waals surface area contributed by atoms with Crippen molar-refractivity contribution < 1.29 is 4.74 Å². The predicted octanol–water partition coefficient (Wildman–Crippen LogP) is 3.87. The second-order valence-corrected chi connectivity index (χ2v) is 4.59. The van der Waals surface area contributed by atoms with Gasteiger partial charge in [-0.3, -0.25) is 4.98 Å². The van der Waals surface area contributed by atoms with E-state index >= 15 is 0 Å². The molecule has 2 aromatic rings. The van der Waals surface area contributed by atoms with Gasteiger partial charge in [0.1, 0.15) is 12.4 Å². The van der Waals surface area contributed by atoms with Crippen molar-refractivity contribution in [3.05, 3.63) is 66.3 Å². The van der Waals surface area contributed by atoms with Gasteiger partial charge in [-0.1, -0.05) is 32.0 Å². The Morgan fingerprint density at radius 3 is 2.50 bits per heavy atom. The number of rotatable bonds is 5. The highest BCUT2D eigenvalue weighted by atomic mass is 16.5. The van der Waals surface area contributed by atoms with Gasteiger partial charge in [-0.05, 0) is 42.2 Å². The van der Waals surface area contributed by atoms with Crippen molar-refractivity contribution in [1.29, 1.82) is 0 Å². The lowest BCUT2D eigenvalue weighted by atomic mass is 10.0. The third kappa shape index (κ3) is 3.88. The van der Waals surface area contributed by atoms with Crippen LogP contribution >= 0.6 is 0 Å². The Morgan fingerprint density at radius 2 is 1.89 bits per heavy atom. The van der Waals surface area contributed by atoms with Crippen molar-refractivity contribution in [3.8, 4) is 5.75 Å². The second kappa shape index (κ2) is 6.20. The minimum atomic E-state index is 0.508. The number of pyridine rings is 1. The largest absolute Gasteiger partial charge is 0.487 e. The fourth-order valence-corrected chi connectivity index (χ4v) is 1.70. The molecule has 1 radical (unpaired) electrons. The van der Waals surface area contributed by atoms with Gasteiger partial charge in [-0.15, -0.1) is 0 Å². The zero-order chi connectivity index (χ0) is 12.8. The van der Waals surface area contributed by atoms with Crippen LogP contribution in [-0.2, 0) is 6.61 Å². The highest BCUT2D eigenvalue weighted by Crippen LogP contribution is 2.17. The third-order valence-corrected chi connectivity index (χ3v) is 2.52. The molecular weight excluding hydrogens is 222 g/mol. The van der Waals surface area contributed by atoms with Crippen LogP contribution in [0.15, 0.2) is 48.7 Å². The number of aromatic nitrogens is 1. The molecule has 0 atom stereocenters. The lowest BCUT2D eigenvalue weighted by Gasteiger charge is -2.08. The summed E-state index contributed by atoms with van der Waals surface area (Å²) in [5, 5.41) is 0. The maximum absolute atomic E-state index is 5.68. The third-order valence-electron chi connectivity index (χ3n) is 2.52. The van der Waals surface area contributed by atoms with Gasteiger partial charge in [0, 0.05) is 6.20 Å². The van der Waals surface area contributed by atoms with Gasteiger partial charge in [-0.2, -0.15) is 0 Å². The van der Waals surface area contributed by atoms with E-state index in [-0.39, 0.29) is 0 Å². The fourth-order valence-electron chi connectivity index (χ4n) is 1.70. The molecule has 0 aliphatic heterocycles. The van der Waals surface area contributed by atoms with Crippen LogP contribution in [0.1, 0.15) is 25.1 Å². The minimum Gasteiger partial charge on any atom is -0.487 e. The first-order chi connectivity index (χ1) is 8.74. The highest BCUT2D eigenvalue weighted by Gasteiger charge is 2.00. The van der Waals surface area contributed by atoms with Gasteiger partial charge < -0.3 is 4.74 Å². The fraction of sp³-hybridized carbons (Fsp3) is 0.250. The molecular formula is C16H18NO. The number of hydrogen-bond acceptors (Lipinski definition) is 2. The maximum Gasteiger partial charge on any atom is 0.130 e. The van der Waals surface area contributed by atoms with E-state index in [1.54, 1.807) is 6.20 Å². The summed E-state index contributed by atoms with van der Waals surface area (Å²) in [6.45, 7) is 4.85. The van der Waals surface area contributed by atoms with Crippen LogP contribution < -0.4 is 4.74 Å². The van der Waals surface area contributed by atoms with E-state index in [0.717, 1.165) is 11.4 Å². The topological polar surface area (TPSA) is 22.1 Å². The summed E-state index contributed by atoms with van der Waals surface area (Å²) in [7, 11) is 0. The van der Waals surface area contributed by atoms with E-state index in [0.29, 0.717) is 12.5 Å². The maximum atomic E-state index is 5.68. The van der Waals surface area contributed by atoms with E-state index in [4.69, 9.17) is 4.74 Å². The molecule has 0 spiro atoms. The van der Waals surface area contributed by atoms with Crippen LogP contribution in [0.5, 0.6) is 5.75 Å². The van der Waals surface area contributed by atoms with Gasteiger partial charge in [0.15, 0.2) is 0 Å². The predicted molar refractivity (Wildman–Crippen MR) is 73.3 cm³/mol. The average Bonchev–Trinajstić information content (AvgIpc) is 2.38. The average molecular weight is 240 g/mol. The van der Waals surface area contributed by atoms with Gasteiger partial charge >= 0.3 is 0 Å². The van der Waals surface area contributed by atoms with Crippen molar-refractivity contribution >= 4 is 0 Å². The number of ether oxygens (including phenoxy) is 1. The van der Waals surface area contributed by atoms with Gasteiger partial charge in [0.05, 0.1) is 5.69 Å². The Morgan fingerprint density at radius 1 is 1.11 bits per heavy atom. The molecule has 0 unspecified atom stereocenters. The van der Waals surface area contributed by atoms with E-state index < -0.39 is 0 Å². The standard InChI is InChI=1S/C16H18NO/c1-13(2)11-14-6-8-16(9-7-14)18-12-15-5-3-4-10-17-15/h3-11,13H,12H2,1-2H3. The summed E-state index contributed by atoms with van der Waals surface area (Å²) >= 11 is 0. The summed E-state index contributed by atoms with van der Waals surface area (Å²) in [4.78, 5) is 4.22. The SMILES string of the molecule is CC(C)[CH]c1ccc(OCc2ccccn2)cc1. The van der Waals surface area contributed by atoms with Gasteiger partial charge in [0.2, 0.25) is 0 Å². The molecule has 0 amide bonds. The van der Waals surface area contributed by atoms with Crippen molar-refractivity contribution in [2.45, 2.75) is 20.5 Å². The van der Waals surface area contributed by atoms with Crippen molar-refractivity contribution in [3.63, 3.8) is 0 Å². The molecule has 0 aliphatic carbocycles. The molecule has 0 bridgehead atoms. The monoisotopic (exact) mass is 240 g/mol. The number of nitrogens with zero attached hydrogens (tertiary/aromatic N) is 1.